The maximum Gasteiger partial charge on any atom is 1.00 e. The topological polar surface area (TPSA) is 30.7 Å². The van der Waals surface area contributed by atoms with Crippen molar-refractivity contribution in [2.24, 2.45) is 0 Å². The second kappa shape index (κ2) is 5.51. The van der Waals surface area contributed by atoms with Gasteiger partial charge in [-0.1, -0.05) is 23.7 Å². The Bertz CT molecular complexity index is 394. The van der Waals surface area contributed by atoms with E-state index in [1.807, 2.05) is 24.3 Å². The van der Waals surface area contributed by atoms with Gasteiger partial charge in [-0.15, -0.1) is 0 Å². The molecule has 0 radical (unpaired) electrons. The second-order valence-electron chi connectivity index (χ2n) is 2.72. The molecule has 0 aliphatic rings. The van der Waals surface area contributed by atoms with Crippen molar-refractivity contribution < 1.29 is 31.0 Å². The van der Waals surface area contributed by atoms with Crippen LogP contribution in [0.1, 0.15) is 6.99 Å². The van der Waals surface area contributed by atoms with Crippen molar-refractivity contribution in [3.05, 3.63) is 47.5 Å². The molecule has 68 valence electrons. The zero-order valence-corrected chi connectivity index (χ0v) is 10.6. The molecule has 0 atom stereocenters. The Kier molecular flexibility index (Phi) is 4.62. The minimum absolute atomic E-state index is 0. The van der Waals surface area contributed by atoms with Crippen LogP contribution >= 0.6 is 11.6 Å². The molecule has 0 fully saturated rings. The van der Waals surface area contributed by atoms with Gasteiger partial charge in [0.15, 0.2) is 0 Å². The Morgan fingerprint density at radius 1 is 1.43 bits per heavy atom. The normalized spacial score (nSPS) is 9.50. The summed E-state index contributed by atoms with van der Waals surface area (Å²) in [7, 11) is 0. The van der Waals surface area contributed by atoms with Crippen LogP contribution < -0.4 is 29.6 Å². The first-order valence-electron chi connectivity index (χ1n) is 3.91. The van der Waals surface area contributed by atoms with E-state index in [0.717, 1.165) is 10.6 Å². The van der Waals surface area contributed by atoms with Crippen molar-refractivity contribution in [3.8, 4) is 0 Å². The predicted molar refractivity (Wildman–Crippen MR) is 51.7 cm³/mol. The standard InChI is InChI=1S/C9H8ClN3.Na.H/c10-9-3-1-2-8(4-9)5-13-7-11-6-12-13;;/h1-4,6-7H,5H2;;/q;+1;-1. The second-order valence-corrected chi connectivity index (χ2v) is 3.16. The summed E-state index contributed by atoms with van der Waals surface area (Å²) in [5.74, 6) is 0. The number of hydrogen-bond donors (Lipinski definition) is 0. The molecule has 0 N–H and O–H groups in total. The molecule has 3 nitrogen and oxygen atoms in total. The largest absolute Gasteiger partial charge is 1.00 e. The molecule has 2 rings (SSSR count). The summed E-state index contributed by atoms with van der Waals surface area (Å²) < 4.78 is 1.76. The van der Waals surface area contributed by atoms with Crippen LogP contribution in [0.2, 0.25) is 5.02 Å². The maximum absolute atomic E-state index is 5.84. The molecule has 0 bridgehead atoms. The van der Waals surface area contributed by atoms with E-state index in [9.17, 15) is 0 Å². The monoisotopic (exact) mass is 217 g/mol. The third-order valence-electron chi connectivity index (χ3n) is 1.70. The van der Waals surface area contributed by atoms with Gasteiger partial charge in [0.1, 0.15) is 12.7 Å². The molecule has 1 aromatic carbocycles. The Labute approximate surface area is 111 Å². The molecule has 0 aliphatic carbocycles. The summed E-state index contributed by atoms with van der Waals surface area (Å²) in [4.78, 5) is 3.86. The third-order valence-corrected chi connectivity index (χ3v) is 1.94. The molecule has 1 aromatic heterocycles. The molecule has 0 unspecified atom stereocenters. The molecule has 14 heavy (non-hydrogen) atoms. The van der Waals surface area contributed by atoms with Crippen LogP contribution in [0.4, 0.5) is 0 Å². The first-order chi connectivity index (χ1) is 6.34. The minimum atomic E-state index is 0. The Balaban J connectivity index is 0.000000980. The molecule has 2 aromatic rings. The fourth-order valence-corrected chi connectivity index (χ4v) is 1.35. The summed E-state index contributed by atoms with van der Waals surface area (Å²) in [6.07, 6.45) is 3.20. The zero-order chi connectivity index (χ0) is 9.10. The maximum atomic E-state index is 5.84. The summed E-state index contributed by atoms with van der Waals surface area (Å²) in [6.45, 7) is 0.709. The summed E-state index contributed by atoms with van der Waals surface area (Å²) in [5.41, 5.74) is 1.12. The third kappa shape index (κ3) is 3.10. The van der Waals surface area contributed by atoms with Gasteiger partial charge < -0.3 is 1.43 Å². The van der Waals surface area contributed by atoms with E-state index in [-0.39, 0.29) is 31.0 Å². The van der Waals surface area contributed by atoms with E-state index in [2.05, 4.69) is 10.1 Å². The van der Waals surface area contributed by atoms with Gasteiger partial charge in [-0.05, 0) is 17.7 Å². The van der Waals surface area contributed by atoms with Crippen molar-refractivity contribution in [2.45, 2.75) is 6.54 Å². The van der Waals surface area contributed by atoms with E-state index < -0.39 is 0 Å². The quantitative estimate of drug-likeness (QED) is 0.611. The molecule has 0 aliphatic heterocycles. The molecule has 0 saturated carbocycles. The van der Waals surface area contributed by atoms with Gasteiger partial charge in [-0.3, -0.25) is 0 Å². The van der Waals surface area contributed by atoms with E-state index in [1.165, 1.54) is 6.33 Å². The molecule has 0 amide bonds. The van der Waals surface area contributed by atoms with Gasteiger partial charge in [0.05, 0.1) is 6.54 Å². The van der Waals surface area contributed by atoms with Crippen molar-refractivity contribution >= 4 is 11.6 Å². The fraction of sp³-hybridized carbons (Fsp3) is 0.111. The van der Waals surface area contributed by atoms with E-state index >= 15 is 0 Å². The summed E-state index contributed by atoms with van der Waals surface area (Å²) in [6, 6.07) is 7.71. The van der Waals surface area contributed by atoms with Crippen LogP contribution in [0, 0.1) is 0 Å². The van der Waals surface area contributed by atoms with Crippen molar-refractivity contribution in [2.75, 3.05) is 0 Å². The van der Waals surface area contributed by atoms with Gasteiger partial charge in [0.2, 0.25) is 0 Å². The summed E-state index contributed by atoms with van der Waals surface area (Å²) >= 11 is 5.84. The zero-order valence-electron chi connectivity index (χ0n) is 8.89. The van der Waals surface area contributed by atoms with Gasteiger partial charge in [-0.2, -0.15) is 5.10 Å². The number of hydrogen-bond acceptors (Lipinski definition) is 2. The van der Waals surface area contributed by atoms with E-state index in [1.54, 1.807) is 11.0 Å². The smallest absolute Gasteiger partial charge is 1.00 e. The Morgan fingerprint density at radius 2 is 2.29 bits per heavy atom. The average Bonchev–Trinajstić information content (AvgIpc) is 2.57. The van der Waals surface area contributed by atoms with Crippen molar-refractivity contribution in [1.82, 2.24) is 14.8 Å². The molecule has 5 heteroatoms. The molecular formula is C9H9ClN3Na. The predicted octanol–water partition coefficient (Wildman–Crippen LogP) is -0.904. The Morgan fingerprint density at radius 3 is 2.93 bits per heavy atom. The van der Waals surface area contributed by atoms with Gasteiger partial charge in [-0.25, -0.2) is 9.67 Å². The molecule has 0 spiro atoms. The minimum Gasteiger partial charge on any atom is -1.00 e. The Hall–Kier alpha value is -0.350. The van der Waals surface area contributed by atoms with Crippen LogP contribution in [0.3, 0.4) is 0 Å². The summed E-state index contributed by atoms with van der Waals surface area (Å²) in [5, 5.41) is 4.75. The molecule has 1 heterocycles. The fourth-order valence-electron chi connectivity index (χ4n) is 1.14. The number of benzene rings is 1. The van der Waals surface area contributed by atoms with Crippen molar-refractivity contribution in [3.63, 3.8) is 0 Å². The first kappa shape index (κ1) is 11.7. The van der Waals surface area contributed by atoms with E-state index in [0.29, 0.717) is 6.54 Å². The SMILES string of the molecule is Clc1cccc(Cn2cncn2)c1.[H-].[Na+]. The van der Waals surface area contributed by atoms with Gasteiger partial charge >= 0.3 is 29.6 Å². The number of aromatic nitrogens is 3. The van der Waals surface area contributed by atoms with Crippen molar-refractivity contribution in [1.29, 1.82) is 0 Å². The number of rotatable bonds is 2. The van der Waals surface area contributed by atoms with Crippen LogP contribution in [0.25, 0.3) is 0 Å². The first-order valence-corrected chi connectivity index (χ1v) is 4.29. The van der Waals surface area contributed by atoms with Crippen LogP contribution in [-0.2, 0) is 6.54 Å². The van der Waals surface area contributed by atoms with Crippen LogP contribution in [-0.4, -0.2) is 14.8 Å². The average molecular weight is 218 g/mol. The van der Waals surface area contributed by atoms with Gasteiger partial charge in [0, 0.05) is 5.02 Å². The molecule has 0 saturated heterocycles. The van der Waals surface area contributed by atoms with Crippen LogP contribution in [0.5, 0.6) is 0 Å². The number of nitrogens with zero attached hydrogens (tertiary/aromatic N) is 3. The van der Waals surface area contributed by atoms with E-state index in [4.69, 9.17) is 11.6 Å². The van der Waals surface area contributed by atoms with Crippen LogP contribution in [0.15, 0.2) is 36.9 Å². The molecular weight excluding hydrogens is 209 g/mol. The van der Waals surface area contributed by atoms with Gasteiger partial charge in [0.25, 0.3) is 0 Å². The number of halogens is 1.